The van der Waals surface area contributed by atoms with Crippen LogP contribution in [0.4, 0.5) is 0 Å². The minimum absolute atomic E-state index is 0.0663. The van der Waals surface area contributed by atoms with E-state index in [-0.39, 0.29) is 11.2 Å². The summed E-state index contributed by atoms with van der Waals surface area (Å²) >= 11 is 6.02. The van der Waals surface area contributed by atoms with E-state index in [0.717, 1.165) is 34.9 Å². The van der Waals surface area contributed by atoms with Crippen LogP contribution in [0.3, 0.4) is 0 Å². The van der Waals surface area contributed by atoms with E-state index in [1.807, 2.05) is 30.5 Å². The van der Waals surface area contributed by atoms with Gasteiger partial charge in [-0.2, -0.15) is 0 Å². The number of aliphatic hydroxyl groups is 1. The van der Waals surface area contributed by atoms with Crippen LogP contribution in [0.5, 0.6) is 0 Å². The largest absolute Gasteiger partial charge is 0.513 e. The van der Waals surface area contributed by atoms with Crippen LogP contribution >= 0.6 is 11.6 Å². The molecular weight excluding hydrogens is 322 g/mol. The molecule has 1 aromatic carbocycles. The maximum atomic E-state index is 9.35. The standard InChI is InChI=1S/C19H18ClN3O/c1-13(24)4-5-14-3-2-12-23-17(14)21-22-18(23)19(10-11-19)15-6-8-16(20)9-7-15/h2-3,6-9,12,24H,1,4-5,10-11H2. The third-order valence-electron chi connectivity index (χ3n) is 4.77. The molecule has 0 saturated heterocycles. The second kappa shape index (κ2) is 5.64. The molecule has 4 rings (SSSR count). The lowest BCUT2D eigenvalue weighted by Crippen LogP contribution is -2.13. The number of benzene rings is 1. The number of allylic oxidation sites excluding steroid dienone is 1. The number of fused-ring (bicyclic) bond motifs is 1. The Morgan fingerprint density at radius 1 is 1.21 bits per heavy atom. The maximum Gasteiger partial charge on any atom is 0.164 e. The quantitative estimate of drug-likeness (QED) is 0.698. The predicted molar refractivity (Wildman–Crippen MR) is 94.5 cm³/mol. The third kappa shape index (κ3) is 2.47. The molecule has 0 radical (unpaired) electrons. The molecule has 2 aromatic heterocycles. The third-order valence-corrected chi connectivity index (χ3v) is 5.03. The van der Waals surface area contributed by atoms with Crippen LogP contribution in [0.15, 0.2) is 54.9 Å². The van der Waals surface area contributed by atoms with Gasteiger partial charge in [0.25, 0.3) is 0 Å². The molecule has 2 heterocycles. The molecule has 24 heavy (non-hydrogen) atoms. The molecule has 1 saturated carbocycles. The molecule has 0 unspecified atom stereocenters. The summed E-state index contributed by atoms with van der Waals surface area (Å²) in [6, 6.07) is 12.1. The maximum absolute atomic E-state index is 9.35. The van der Waals surface area contributed by atoms with Crippen LogP contribution in [0.1, 0.15) is 36.2 Å². The Bertz CT molecular complexity index is 910. The number of pyridine rings is 1. The van der Waals surface area contributed by atoms with Crippen LogP contribution < -0.4 is 0 Å². The van der Waals surface area contributed by atoms with E-state index in [0.29, 0.717) is 12.8 Å². The molecule has 3 aromatic rings. The Hall–Kier alpha value is -2.33. The Morgan fingerprint density at radius 2 is 1.96 bits per heavy atom. The fraction of sp³-hybridized carbons (Fsp3) is 0.263. The van der Waals surface area contributed by atoms with Gasteiger partial charge in [0.2, 0.25) is 0 Å². The van der Waals surface area contributed by atoms with Crippen molar-refractivity contribution in [2.75, 3.05) is 0 Å². The summed E-state index contributed by atoms with van der Waals surface area (Å²) in [5.41, 5.74) is 3.09. The van der Waals surface area contributed by atoms with Crippen LogP contribution in [0.25, 0.3) is 5.65 Å². The van der Waals surface area contributed by atoms with Crippen LogP contribution in [0.2, 0.25) is 5.02 Å². The average molecular weight is 340 g/mol. The zero-order chi connectivity index (χ0) is 16.7. The van der Waals surface area contributed by atoms with Gasteiger partial charge in [0, 0.05) is 17.6 Å². The van der Waals surface area contributed by atoms with E-state index in [2.05, 4.69) is 33.3 Å². The lowest BCUT2D eigenvalue weighted by Gasteiger charge is -2.14. The van der Waals surface area contributed by atoms with E-state index in [1.54, 1.807) is 0 Å². The Labute approximate surface area is 145 Å². The van der Waals surface area contributed by atoms with Gasteiger partial charge < -0.3 is 5.11 Å². The molecule has 122 valence electrons. The number of hydrogen-bond donors (Lipinski definition) is 1. The van der Waals surface area contributed by atoms with Crippen LogP contribution in [0, 0.1) is 0 Å². The second-order valence-electron chi connectivity index (χ2n) is 6.41. The summed E-state index contributed by atoms with van der Waals surface area (Å²) in [5, 5.41) is 19.0. The minimum atomic E-state index is -0.0663. The Kier molecular flexibility index (Phi) is 3.57. The van der Waals surface area contributed by atoms with Gasteiger partial charge in [0.15, 0.2) is 5.65 Å². The molecule has 0 atom stereocenters. The number of halogens is 1. The van der Waals surface area contributed by atoms with Gasteiger partial charge >= 0.3 is 0 Å². The van der Waals surface area contributed by atoms with Crippen molar-refractivity contribution in [2.45, 2.75) is 31.1 Å². The molecule has 4 nitrogen and oxygen atoms in total. The normalized spacial score (nSPS) is 15.5. The highest BCUT2D eigenvalue weighted by atomic mass is 35.5. The monoisotopic (exact) mass is 339 g/mol. The molecular formula is C19H18ClN3O. The summed E-state index contributed by atoms with van der Waals surface area (Å²) in [7, 11) is 0. The van der Waals surface area contributed by atoms with Gasteiger partial charge in [-0.1, -0.05) is 36.4 Å². The van der Waals surface area contributed by atoms with E-state index < -0.39 is 0 Å². The highest BCUT2D eigenvalue weighted by Gasteiger charge is 2.49. The van der Waals surface area contributed by atoms with Gasteiger partial charge in [-0.3, -0.25) is 4.40 Å². The summed E-state index contributed by atoms with van der Waals surface area (Å²) in [6.45, 7) is 3.55. The van der Waals surface area contributed by atoms with Crippen molar-refractivity contribution in [2.24, 2.45) is 0 Å². The number of aromatic nitrogens is 3. The summed E-state index contributed by atoms with van der Waals surface area (Å²) in [5.74, 6) is 1.17. The molecule has 0 spiro atoms. The highest BCUT2D eigenvalue weighted by Crippen LogP contribution is 2.52. The molecule has 1 N–H and O–H groups in total. The van der Waals surface area contributed by atoms with Gasteiger partial charge in [-0.05, 0) is 48.6 Å². The van der Waals surface area contributed by atoms with Crippen molar-refractivity contribution >= 4 is 17.2 Å². The number of rotatable bonds is 5. The number of aliphatic hydroxyl groups excluding tert-OH is 1. The summed E-state index contributed by atoms with van der Waals surface area (Å²) in [4.78, 5) is 0. The molecule has 1 aliphatic rings. The van der Waals surface area contributed by atoms with Gasteiger partial charge in [-0.25, -0.2) is 0 Å². The van der Waals surface area contributed by atoms with E-state index in [9.17, 15) is 5.11 Å². The first-order valence-corrected chi connectivity index (χ1v) is 8.44. The fourth-order valence-corrected chi connectivity index (χ4v) is 3.43. The van der Waals surface area contributed by atoms with Gasteiger partial charge in [0.1, 0.15) is 5.82 Å². The van der Waals surface area contributed by atoms with Crippen molar-refractivity contribution in [1.29, 1.82) is 0 Å². The number of hydrogen-bond acceptors (Lipinski definition) is 3. The van der Waals surface area contributed by atoms with Crippen molar-refractivity contribution < 1.29 is 5.11 Å². The molecule has 5 heteroatoms. The smallest absolute Gasteiger partial charge is 0.164 e. The summed E-state index contributed by atoms with van der Waals surface area (Å²) < 4.78 is 2.08. The van der Waals surface area contributed by atoms with Crippen molar-refractivity contribution in [3.05, 3.63) is 76.9 Å². The topological polar surface area (TPSA) is 50.4 Å². The lowest BCUT2D eigenvalue weighted by atomic mass is 9.95. The average Bonchev–Trinajstić information content (AvgIpc) is 3.25. The van der Waals surface area contributed by atoms with Crippen molar-refractivity contribution in [3.8, 4) is 0 Å². The predicted octanol–water partition coefficient (Wildman–Crippen LogP) is 4.47. The lowest BCUT2D eigenvalue weighted by molar-refractivity contribution is 0.391. The first kappa shape index (κ1) is 15.2. The molecule has 0 bridgehead atoms. The van der Waals surface area contributed by atoms with Crippen molar-refractivity contribution in [3.63, 3.8) is 0 Å². The van der Waals surface area contributed by atoms with Gasteiger partial charge in [-0.15, -0.1) is 10.2 Å². The van der Waals surface area contributed by atoms with Gasteiger partial charge in [0.05, 0.1) is 11.2 Å². The van der Waals surface area contributed by atoms with E-state index in [4.69, 9.17) is 11.6 Å². The van der Waals surface area contributed by atoms with Crippen LogP contribution in [-0.2, 0) is 11.8 Å². The zero-order valence-corrected chi connectivity index (χ0v) is 14.0. The first-order chi connectivity index (χ1) is 11.6. The van der Waals surface area contributed by atoms with E-state index >= 15 is 0 Å². The van der Waals surface area contributed by atoms with Crippen LogP contribution in [-0.4, -0.2) is 19.7 Å². The SMILES string of the molecule is C=C(O)CCc1cccn2c(C3(c4ccc(Cl)cc4)CC3)nnc12. The summed E-state index contributed by atoms with van der Waals surface area (Å²) in [6.07, 6.45) is 5.37. The zero-order valence-electron chi connectivity index (χ0n) is 13.2. The Morgan fingerprint density at radius 3 is 2.62 bits per heavy atom. The number of aryl methyl sites for hydroxylation is 1. The van der Waals surface area contributed by atoms with Crippen molar-refractivity contribution in [1.82, 2.24) is 14.6 Å². The Balaban J connectivity index is 1.76. The van der Waals surface area contributed by atoms with E-state index in [1.165, 1.54) is 5.56 Å². The second-order valence-corrected chi connectivity index (χ2v) is 6.84. The highest BCUT2D eigenvalue weighted by molar-refractivity contribution is 6.30. The number of nitrogens with zero attached hydrogens (tertiary/aromatic N) is 3. The molecule has 0 amide bonds. The molecule has 1 fully saturated rings. The minimum Gasteiger partial charge on any atom is -0.513 e. The molecule has 1 aliphatic carbocycles. The molecule has 0 aliphatic heterocycles. The first-order valence-electron chi connectivity index (χ1n) is 8.06. The fourth-order valence-electron chi connectivity index (χ4n) is 3.31.